The van der Waals surface area contributed by atoms with Crippen LogP contribution in [0.1, 0.15) is 63.8 Å². The number of carbonyl (C=O) groups is 1. The smallest absolute Gasteiger partial charge is 0.226 e. The van der Waals surface area contributed by atoms with Crippen LogP contribution in [0.3, 0.4) is 0 Å². The Hall–Kier alpha value is -1.88. The van der Waals surface area contributed by atoms with Crippen molar-refractivity contribution in [3.63, 3.8) is 0 Å². The van der Waals surface area contributed by atoms with Gasteiger partial charge in [0.25, 0.3) is 0 Å². The van der Waals surface area contributed by atoms with Crippen LogP contribution in [0.5, 0.6) is 0 Å². The average Bonchev–Trinajstić information content (AvgIpc) is 3.33. The van der Waals surface area contributed by atoms with Crippen molar-refractivity contribution in [2.45, 2.75) is 75.9 Å². The third-order valence-electron chi connectivity index (χ3n) is 6.58. The molecule has 26 heavy (non-hydrogen) atoms. The molecule has 5 nitrogen and oxygen atoms in total. The highest BCUT2D eigenvalue weighted by molar-refractivity contribution is 5.91. The molecule has 3 aliphatic rings. The van der Waals surface area contributed by atoms with Gasteiger partial charge in [0.1, 0.15) is 0 Å². The number of imidazole rings is 1. The Bertz CT molecular complexity index is 795. The predicted molar refractivity (Wildman–Crippen MR) is 103 cm³/mol. The van der Waals surface area contributed by atoms with E-state index in [1.807, 2.05) is 12.1 Å². The number of fused-ring (bicyclic) bond motifs is 3. The molecule has 1 aromatic heterocycles. The van der Waals surface area contributed by atoms with Gasteiger partial charge in [-0.1, -0.05) is 25.0 Å². The summed E-state index contributed by atoms with van der Waals surface area (Å²) in [5.74, 6) is 1.39. The first-order chi connectivity index (χ1) is 12.8. The van der Waals surface area contributed by atoms with Crippen LogP contribution in [0.4, 0.5) is 5.95 Å². The van der Waals surface area contributed by atoms with E-state index in [0.29, 0.717) is 30.5 Å². The Labute approximate surface area is 154 Å². The van der Waals surface area contributed by atoms with Crippen LogP contribution in [-0.2, 0) is 4.79 Å². The van der Waals surface area contributed by atoms with Crippen molar-refractivity contribution in [1.29, 1.82) is 0 Å². The molecule has 2 atom stereocenters. The Morgan fingerprint density at radius 2 is 1.85 bits per heavy atom. The van der Waals surface area contributed by atoms with Gasteiger partial charge < -0.3 is 9.88 Å². The monoisotopic (exact) mass is 352 g/mol. The summed E-state index contributed by atoms with van der Waals surface area (Å²) >= 11 is 0. The largest absolute Gasteiger partial charge is 0.311 e. The van der Waals surface area contributed by atoms with Crippen molar-refractivity contribution >= 4 is 22.9 Å². The highest BCUT2D eigenvalue weighted by Gasteiger charge is 2.34. The van der Waals surface area contributed by atoms with Crippen LogP contribution in [0.2, 0.25) is 0 Å². The maximum atomic E-state index is 12.8. The topological polar surface area (TPSA) is 59.0 Å². The fraction of sp³-hybridized carbons (Fsp3) is 0.619. The second-order valence-corrected chi connectivity index (χ2v) is 8.46. The first-order valence-electron chi connectivity index (χ1n) is 10.3. The zero-order chi connectivity index (χ0) is 17.5. The van der Waals surface area contributed by atoms with E-state index in [0.717, 1.165) is 29.8 Å². The zero-order valence-corrected chi connectivity index (χ0v) is 15.3. The standard InChI is InChI=1S/C21H28N4O/c26-20(13-14-11-15-9-10-16(12-14)22-15)24-21-23-18-7-3-4-8-19(18)25(21)17-5-1-2-6-17/h3-4,7-8,14-17,22H,1-2,5-6,9-13H2,(H,23,24,26). The molecule has 2 saturated heterocycles. The number of hydrogen-bond donors (Lipinski definition) is 2. The number of piperidine rings is 1. The number of carbonyl (C=O) groups excluding carboxylic acids is 1. The lowest BCUT2D eigenvalue weighted by molar-refractivity contribution is -0.117. The summed E-state index contributed by atoms with van der Waals surface area (Å²) in [4.78, 5) is 17.5. The molecule has 0 spiro atoms. The van der Waals surface area contributed by atoms with E-state index in [2.05, 4.69) is 27.3 Å². The molecule has 2 unspecified atom stereocenters. The summed E-state index contributed by atoms with van der Waals surface area (Å²) in [6.07, 6.45) is 10.4. The van der Waals surface area contributed by atoms with Gasteiger partial charge in [-0.3, -0.25) is 10.1 Å². The normalized spacial score (nSPS) is 28.7. The Morgan fingerprint density at radius 1 is 1.12 bits per heavy atom. The summed E-state index contributed by atoms with van der Waals surface area (Å²) in [5, 5.41) is 6.83. The zero-order valence-electron chi connectivity index (χ0n) is 15.3. The van der Waals surface area contributed by atoms with Crippen molar-refractivity contribution in [3.8, 4) is 0 Å². The number of amides is 1. The van der Waals surface area contributed by atoms with E-state index in [4.69, 9.17) is 4.98 Å². The number of nitrogens with zero attached hydrogens (tertiary/aromatic N) is 2. The predicted octanol–water partition coefficient (Wildman–Crippen LogP) is 4.01. The number of aromatic nitrogens is 2. The molecule has 1 saturated carbocycles. The second kappa shape index (κ2) is 6.69. The number of hydrogen-bond acceptors (Lipinski definition) is 3. The minimum atomic E-state index is 0.130. The summed E-state index contributed by atoms with van der Waals surface area (Å²) < 4.78 is 2.28. The van der Waals surface area contributed by atoms with Gasteiger partial charge in [-0.15, -0.1) is 0 Å². The van der Waals surface area contributed by atoms with Gasteiger partial charge in [0.15, 0.2) is 0 Å². The molecule has 5 rings (SSSR count). The third-order valence-corrected chi connectivity index (χ3v) is 6.58. The molecular formula is C21H28N4O. The number of rotatable bonds is 4. The van der Waals surface area contributed by atoms with Gasteiger partial charge in [-0.05, 0) is 56.6 Å². The van der Waals surface area contributed by atoms with Gasteiger partial charge in [-0.25, -0.2) is 4.98 Å². The van der Waals surface area contributed by atoms with Crippen LogP contribution >= 0.6 is 0 Å². The Morgan fingerprint density at radius 3 is 2.62 bits per heavy atom. The lowest BCUT2D eigenvalue weighted by atomic mass is 9.89. The summed E-state index contributed by atoms with van der Waals surface area (Å²) in [7, 11) is 0. The minimum absolute atomic E-state index is 0.130. The van der Waals surface area contributed by atoms with Gasteiger partial charge in [0.05, 0.1) is 11.0 Å². The van der Waals surface area contributed by atoms with Crippen molar-refractivity contribution in [3.05, 3.63) is 24.3 Å². The summed E-state index contributed by atoms with van der Waals surface area (Å²) in [6, 6.07) is 9.98. The van der Waals surface area contributed by atoms with Gasteiger partial charge in [-0.2, -0.15) is 0 Å². The molecule has 2 aromatic rings. The summed E-state index contributed by atoms with van der Waals surface area (Å²) in [5.41, 5.74) is 2.13. The van der Waals surface area contributed by atoms with E-state index in [1.165, 1.54) is 38.5 Å². The average molecular weight is 352 g/mol. The van der Waals surface area contributed by atoms with Gasteiger partial charge in [0, 0.05) is 24.5 Å². The second-order valence-electron chi connectivity index (χ2n) is 8.46. The number of nitrogens with one attached hydrogen (secondary N) is 2. The van der Waals surface area contributed by atoms with E-state index >= 15 is 0 Å². The van der Waals surface area contributed by atoms with Crippen molar-refractivity contribution in [1.82, 2.24) is 14.9 Å². The van der Waals surface area contributed by atoms with Crippen LogP contribution in [0, 0.1) is 5.92 Å². The number of anilines is 1. The maximum Gasteiger partial charge on any atom is 0.226 e. The first-order valence-corrected chi connectivity index (χ1v) is 10.3. The van der Waals surface area contributed by atoms with Crippen molar-refractivity contribution in [2.75, 3.05) is 5.32 Å². The molecule has 1 aromatic carbocycles. The van der Waals surface area contributed by atoms with Crippen LogP contribution in [0.15, 0.2) is 24.3 Å². The molecule has 3 fully saturated rings. The van der Waals surface area contributed by atoms with E-state index in [1.54, 1.807) is 0 Å². The molecule has 2 bridgehead atoms. The first kappa shape index (κ1) is 16.3. The summed E-state index contributed by atoms with van der Waals surface area (Å²) in [6.45, 7) is 0. The molecule has 1 aliphatic carbocycles. The fourth-order valence-electron chi connectivity index (χ4n) is 5.44. The van der Waals surface area contributed by atoms with Gasteiger partial charge >= 0.3 is 0 Å². The lowest BCUT2D eigenvalue weighted by Crippen LogP contribution is -2.39. The Balaban J connectivity index is 1.35. The molecule has 5 heteroatoms. The highest BCUT2D eigenvalue weighted by atomic mass is 16.1. The molecule has 3 heterocycles. The van der Waals surface area contributed by atoms with E-state index < -0.39 is 0 Å². The lowest BCUT2D eigenvalue weighted by Gasteiger charge is -2.28. The molecule has 138 valence electrons. The molecule has 2 N–H and O–H groups in total. The van der Waals surface area contributed by atoms with Crippen molar-refractivity contribution < 1.29 is 4.79 Å². The highest BCUT2D eigenvalue weighted by Crippen LogP contribution is 2.36. The molecular weight excluding hydrogens is 324 g/mol. The molecule has 0 radical (unpaired) electrons. The van der Waals surface area contributed by atoms with Crippen LogP contribution in [0.25, 0.3) is 11.0 Å². The SMILES string of the molecule is O=C(CC1CC2CCC(C1)N2)Nc1nc2ccccc2n1C1CCCC1. The number of para-hydroxylation sites is 2. The van der Waals surface area contributed by atoms with E-state index in [9.17, 15) is 4.79 Å². The fourth-order valence-corrected chi connectivity index (χ4v) is 5.44. The van der Waals surface area contributed by atoms with Crippen LogP contribution in [-0.4, -0.2) is 27.5 Å². The number of benzene rings is 1. The van der Waals surface area contributed by atoms with Crippen molar-refractivity contribution in [2.24, 2.45) is 5.92 Å². The molecule has 1 amide bonds. The molecule has 2 aliphatic heterocycles. The third kappa shape index (κ3) is 3.02. The quantitative estimate of drug-likeness (QED) is 0.874. The Kier molecular flexibility index (Phi) is 4.20. The van der Waals surface area contributed by atoms with E-state index in [-0.39, 0.29) is 5.91 Å². The maximum absolute atomic E-state index is 12.8. The van der Waals surface area contributed by atoms with Crippen LogP contribution < -0.4 is 10.6 Å². The van der Waals surface area contributed by atoms with Gasteiger partial charge in [0.2, 0.25) is 11.9 Å². The minimum Gasteiger partial charge on any atom is -0.311 e.